The number of nitrogens with two attached hydrogens (primary N) is 1. The van der Waals surface area contributed by atoms with E-state index < -0.39 is 12.0 Å². The maximum Gasteiger partial charge on any atom is 0.449 e. The molecule has 1 fully saturated rings. The van der Waals surface area contributed by atoms with E-state index in [9.17, 15) is 13.2 Å². The molecule has 4 nitrogen and oxygen atoms in total. The maximum absolute atomic E-state index is 13.1. The highest BCUT2D eigenvalue weighted by atomic mass is 19.4. The first-order valence-electron chi connectivity index (χ1n) is 5.89. The normalized spacial score (nSPS) is 20.3. The average Bonchev–Trinajstić information content (AvgIpc) is 2.91. The Bertz CT molecular complexity index is 614. The van der Waals surface area contributed by atoms with Gasteiger partial charge in [-0.25, -0.2) is 4.98 Å². The Morgan fingerprint density at radius 1 is 1.37 bits per heavy atom. The van der Waals surface area contributed by atoms with Gasteiger partial charge in [-0.05, 0) is 24.6 Å². The largest absolute Gasteiger partial charge is 0.449 e. The number of halogens is 3. The molecule has 102 valence electrons. The Labute approximate surface area is 107 Å². The van der Waals surface area contributed by atoms with Crippen molar-refractivity contribution in [2.45, 2.75) is 18.6 Å². The van der Waals surface area contributed by atoms with Crippen LogP contribution in [0.2, 0.25) is 0 Å². The summed E-state index contributed by atoms with van der Waals surface area (Å²) in [7, 11) is 0. The third kappa shape index (κ3) is 2.03. The van der Waals surface area contributed by atoms with E-state index in [0.29, 0.717) is 24.2 Å². The van der Waals surface area contributed by atoms with E-state index in [0.717, 1.165) is 0 Å². The van der Waals surface area contributed by atoms with Gasteiger partial charge in [-0.3, -0.25) is 0 Å². The van der Waals surface area contributed by atoms with Crippen molar-refractivity contribution >= 4 is 16.7 Å². The Morgan fingerprint density at radius 2 is 2.16 bits per heavy atom. The Hall–Kier alpha value is -1.76. The molecule has 0 amide bonds. The molecule has 0 radical (unpaired) electrons. The number of nitrogen functional groups attached to an aromatic ring is 1. The highest BCUT2D eigenvalue weighted by molar-refractivity contribution is 5.80. The molecule has 1 unspecified atom stereocenters. The minimum atomic E-state index is -4.49. The third-order valence-electron chi connectivity index (χ3n) is 3.24. The summed E-state index contributed by atoms with van der Waals surface area (Å²) in [6.45, 7) is 0.746. The molecule has 1 atom stereocenters. The summed E-state index contributed by atoms with van der Waals surface area (Å²) >= 11 is 0. The van der Waals surface area contributed by atoms with Crippen molar-refractivity contribution in [1.82, 2.24) is 9.55 Å². The van der Waals surface area contributed by atoms with Crippen LogP contribution in [0.5, 0.6) is 0 Å². The van der Waals surface area contributed by atoms with E-state index in [4.69, 9.17) is 10.5 Å². The van der Waals surface area contributed by atoms with Crippen molar-refractivity contribution in [3.63, 3.8) is 0 Å². The molecular formula is C12H12F3N3O. The molecule has 0 spiro atoms. The molecule has 0 saturated carbocycles. The fourth-order valence-electron chi connectivity index (χ4n) is 2.41. The standard InChI is InChI=1S/C12H12F3N3O/c13-12(14,15)11-17-9-5-7(16)1-2-10(9)18(11)8-3-4-19-6-8/h1-2,5,8H,3-4,6,16H2. The molecule has 1 aromatic heterocycles. The number of hydrogen-bond acceptors (Lipinski definition) is 3. The lowest BCUT2D eigenvalue weighted by atomic mass is 10.2. The molecule has 1 saturated heterocycles. The van der Waals surface area contributed by atoms with Crippen LogP contribution in [0.4, 0.5) is 18.9 Å². The lowest BCUT2D eigenvalue weighted by Gasteiger charge is -2.16. The number of benzene rings is 1. The number of hydrogen-bond donors (Lipinski definition) is 1. The second-order valence-corrected chi connectivity index (χ2v) is 4.57. The van der Waals surface area contributed by atoms with Gasteiger partial charge in [0.1, 0.15) is 0 Å². The molecular weight excluding hydrogens is 259 g/mol. The van der Waals surface area contributed by atoms with Gasteiger partial charge < -0.3 is 15.0 Å². The van der Waals surface area contributed by atoms with Gasteiger partial charge in [0.2, 0.25) is 5.82 Å². The van der Waals surface area contributed by atoms with Gasteiger partial charge in [-0.15, -0.1) is 0 Å². The zero-order valence-electron chi connectivity index (χ0n) is 9.94. The van der Waals surface area contributed by atoms with Crippen LogP contribution >= 0.6 is 0 Å². The first-order chi connectivity index (χ1) is 8.97. The van der Waals surface area contributed by atoms with Crippen LogP contribution < -0.4 is 5.73 Å². The van der Waals surface area contributed by atoms with E-state index in [1.165, 1.54) is 10.6 Å². The number of imidazole rings is 1. The van der Waals surface area contributed by atoms with Crippen molar-refractivity contribution in [1.29, 1.82) is 0 Å². The third-order valence-corrected chi connectivity index (χ3v) is 3.24. The summed E-state index contributed by atoms with van der Waals surface area (Å²) < 4.78 is 45.7. The van der Waals surface area contributed by atoms with E-state index in [-0.39, 0.29) is 18.2 Å². The SMILES string of the molecule is Nc1ccc2c(c1)nc(C(F)(F)F)n2C1CCOC1. The smallest absolute Gasteiger partial charge is 0.399 e. The molecule has 2 heterocycles. The number of fused-ring (bicyclic) bond motifs is 1. The van der Waals surface area contributed by atoms with Crippen molar-refractivity contribution in [3.05, 3.63) is 24.0 Å². The van der Waals surface area contributed by atoms with Crippen LogP contribution in [0, 0.1) is 0 Å². The van der Waals surface area contributed by atoms with Crippen LogP contribution in [0.15, 0.2) is 18.2 Å². The molecule has 19 heavy (non-hydrogen) atoms. The fraction of sp³-hybridized carbons (Fsp3) is 0.417. The Morgan fingerprint density at radius 3 is 2.79 bits per heavy atom. The van der Waals surface area contributed by atoms with Crippen LogP contribution in [-0.4, -0.2) is 22.8 Å². The molecule has 0 bridgehead atoms. The molecule has 2 aromatic rings. The minimum absolute atomic E-state index is 0.263. The van der Waals surface area contributed by atoms with Gasteiger partial charge in [-0.1, -0.05) is 0 Å². The summed E-state index contributed by atoms with van der Waals surface area (Å²) in [5.74, 6) is -0.886. The number of nitrogens with zero attached hydrogens (tertiary/aromatic N) is 2. The predicted molar refractivity (Wildman–Crippen MR) is 63.6 cm³/mol. The average molecular weight is 271 g/mol. The first-order valence-corrected chi connectivity index (χ1v) is 5.89. The zero-order chi connectivity index (χ0) is 13.6. The quantitative estimate of drug-likeness (QED) is 0.811. The Kier molecular flexibility index (Phi) is 2.67. The molecule has 1 aliphatic rings. The molecule has 1 aliphatic heterocycles. The summed E-state index contributed by atoms with van der Waals surface area (Å²) in [6.07, 6.45) is -3.94. The lowest BCUT2D eigenvalue weighted by molar-refractivity contribution is -0.147. The van der Waals surface area contributed by atoms with Crippen molar-refractivity contribution in [2.75, 3.05) is 18.9 Å². The summed E-state index contributed by atoms with van der Waals surface area (Å²) in [6, 6.07) is 4.28. The molecule has 3 rings (SSSR count). The van der Waals surface area contributed by atoms with Crippen LogP contribution in [0.3, 0.4) is 0 Å². The van der Waals surface area contributed by atoms with Gasteiger partial charge in [0.25, 0.3) is 0 Å². The monoisotopic (exact) mass is 271 g/mol. The van der Waals surface area contributed by atoms with Crippen LogP contribution in [-0.2, 0) is 10.9 Å². The van der Waals surface area contributed by atoms with Crippen molar-refractivity contribution in [2.24, 2.45) is 0 Å². The number of rotatable bonds is 1. The van der Waals surface area contributed by atoms with E-state index in [1.54, 1.807) is 12.1 Å². The van der Waals surface area contributed by atoms with Crippen molar-refractivity contribution in [3.8, 4) is 0 Å². The van der Waals surface area contributed by atoms with E-state index in [2.05, 4.69) is 4.98 Å². The Balaban J connectivity index is 2.25. The van der Waals surface area contributed by atoms with E-state index >= 15 is 0 Å². The maximum atomic E-state index is 13.1. The summed E-state index contributed by atoms with van der Waals surface area (Å²) in [5.41, 5.74) is 6.69. The first kappa shape index (κ1) is 12.3. The fourth-order valence-corrected chi connectivity index (χ4v) is 2.41. The number of alkyl halides is 3. The number of anilines is 1. The lowest BCUT2D eigenvalue weighted by Crippen LogP contribution is -2.19. The molecule has 1 aromatic carbocycles. The van der Waals surface area contributed by atoms with Crippen LogP contribution in [0.25, 0.3) is 11.0 Å². The van der Waals surface area contributed by atoms with Gasteiger partial charge in [0, 0.05) is 12.3 Å². The second kappa shape index (κ2) is 4.12. The number of ether oxygens (including phenoxy) is 1. The highest BCUT2D eigenvalue weighted by Gasteiger charge is 2.39. The minimum Gasteiger partial charge on any atom is -0.399 e. The van der Waals surface area contributed by atoms with Gasteiger partial charge in [-0.2, -0.15) is 13.2 Å². The second-order valence-electron chi connectivity index (χ2n) is 4.57. The highest BCUT2D eigenvalue weighted by Crippen LogP contribution is 2.36. The van der Waals surface area contributed by atoms with Crippen LogP contribution in [0.1, 0.15) is 18.3 Å². The number of aromatic nitrogens is 2. The van der Waals surface area contributed by atoms with Gasteiger partial charge >= 0.3 is 6.18 Å². The summed E-state index contributed by atoms with van der Waals surface area (Å²) in [5, 5.41) is 0. The van der Waals surface area contributed by atoms with E-state index in [1.807, 2.05) is 0 Å². The molecule has 7 heteroatoms. The predicted octanol–water partition coefficient (Wildman–Crippen LogP) is 2.60. The van der Waals surface area contributed by atoms with Gasteiger partial charge in [0.05, 0.1) is 23.7 Å². The summed E-state index contributed by atoms with van der Waals surface area (Å²) in [4.78, 5) is 3.69. The zero-order valence-corrected chi connectivity index (χ0v) is 9.94. The topological polar surface area (TPSA) is 53.1 Å². The molecule has 2 N–H and O–H groups in total. The molecule has 0 aliphatic carbocycles. The van der Waals surface area contributed by atoms with Crippen molar-refractivity contribution < 1.29 is 17.9 Å². The van der Waals surface area contributed by atoms with Gasteiger partial charge in [0.15, 0.2) is 0 Å².